The van der Waals surface area contributed by atoms with Gasteiger partial charge in [0.2, 0.25) is 5.95 Å². The molecule has 0 bridgehead atoms. The number of pyridine rings is 1. The van der Waals surface area contributed by atoms with Gasteiger partial charge in [0.25, 0.3) is 0 Å². The van der Waals surface area contributed by atoms with Crippen molar-refractivity contribution in [3.8, 4) is 45.3 Å². The van der Waals surface area contributed by atoms with Gasteiger partial charge in [-0.25, -0.2) is 15.0 Å². The van der Waals surface area contributed by atoms with E-state index in [0.29, 0.717) is 5.95 Å². The molecule has 5 heteroatoms. The zero-order valence-corrected chi connectivity index (χ0v) is 27.0. The Labute approximate surface area is 288 Å². The zero-order chi connectivity index (χ0) is 33.0. The van der Waals surface area contributed by atoms with Crippen molar-refractivity contribution < 1.29 is 0 Å². The molecule has 6 aromatic carbocycles. The molecule has 0 fully saturated rings. The second-order valence-electron chi connectivity index (χ2n) is 12.5. The minimum Gasteiger partial charge on any atom is -0.308 e. The smallest absolute Gasteiger partial charge is 0.237 e. The standard InChI is InChI=1S/C45H29N5/c1-4-15-30(16-5-1)33-21-14-22-34(27-33)49-41-26-13-11-24-36(41)43-42(49)28-37-35-23-10-12-25-40(35)50(44(37)48-43)45-46-38(31-17-6-2-7-18-31)29-39(47-45)32-19-8-3-9-20-32/h1-29H. The van der Waals surface area contributed by atoms with E-state index in [2.05, 4.69) is 149 Å². The van der Waals surface area contributed by atoms with Crippen molar-refractivity contribution in [1.82, 2.24) is 24.1 Å². The lowest BCUT2D eigenvalue weighted by atomic mass is 10.1. The molecular weight excluding hydrogens is 611 g/mol. The van der Waals surface area contributed by atoms with Gasteiger partial charge in [0.1, 0.15) is 5.65 Å². The summed E-state index contributed by atoms with van der Waals surface area (Å²) in [5.41, 5.74) is 12.2. The number of rotatable bonds is 5. The second-order valence-corrected chi connectivity index (χ2v) is 12.5. The third-order valence-electron chi connectivity index (χ3n) is 9.54. The van der Waals surface area contributed by atoms with Crippen molar-refractivity contribution in [2.75, 3.05) is 0 Å². The van der Waals surface area contributed by atoms with Crippen LogP contribution in [0.2, 0.25) is 0 Å². The second kappa shape index (κ2) is 11.4. The Hall–Kier alpha value is -6.85. The van der Waals surface area contributed by atoms with Crippen molar-refractivity contribution in [1.29, 1.82) is 0 Å². The number of para-hydroxylation sites is 2. The van der Waals surface area contributed by atoms with Gasteiger partial charge in [0, 0.05) is 33.0 Å². The molecule has 50 heavy (non-hydrogen) atoms. The van der Waals surface area contributed by atoms with Gasteiger partial charge >= 0.3 is 0 Å². The molecule has 4 heterocycles. The molecule has 234 valence electrons. The highest BCUT2D eigenvalue weighted by Crippen LogP contribution is 2.38. The summed E-state index contributed by atoms with van der Waals surface area (Å²) < 4.78 is 4.47. The number of nitrogens with zero attached hydrogens (tertiary/aromatic N) is 5. The van der Waals surface area contributed by atoms with E-state index in [1.165, 1.54) is 11.1 Å². The molecule has 0 radical (unpaired) electrons. The number of hydrogen-bond acceptors (Lipinski definition) is 3. The number of hydrogen-bond donors (Lipinski definition) is 0. The molecular formula is C45H29N5. The van der Waals surface area contributed by atoms with Crippen molar-refractivity contribution in [2.45, 2.75) is 0 Å². The molecule has 0 saturated carbocycles. The van der Waals surface area contributed by atoms with Crippen LogP contribution in [0.4, 0.5) is 0 Å². The Morgan fingerprint density at radius 1 is 0.340 bits per heavy atom. The van der Waals surface area contributed by atoms with Crippen LogP contribution in [0.25, 0.3) is 89.2 Å². The van der Waals surface area contributed by atoms with Gasteiger partial charge in [0.05, 0.1) is 33.5 Å². The maximum absolute atomic E-state index is 5.51. The quantitative estimate of drug-likeness (QED) is 0.188. The van der Waals surface area contributed by atoms with Crippen LogP contribution in [0.1, 0.15) is 0 Å². The van der Waals surface area contributed by atoms with E-state index in [1.54, 1.807) is 0 Å². The summed E-state index contributed by atoms with van der Waals surface area (Å²) in [6.45, 7) is 0. The summed E-state index contributed by atoms with van der Waals surface area (Å²) in [4.78, 5) is 15.9. The van der Waals surface area contributed by atoms with E-state index in [1.807, 2.05) is 36.4 Å². The summed E-state index contributed by atoms with van der Waals surface area (Å²) in [6.07, 6.45) is 0. The highest BCUT2D eigenvalue weighted by atomic mass is 15.2. The summed E-state index contributed by atoms with van der Waals surface area (Å²) in [5.74, 6) is 0.586. The zero-order valence-electron chi connectivity index (χ0n) is 27.0. The lowest BCUT2D eigenvalue weighted by molar-refractivity contribution is 0.984. The fourth-order valence-corrected chi connectivity index (χ4v) is 7.22. The summed E-state index contributed by atoms with van der Waals surface area (Å²) in [6, 6.07) is 61.3. The lowest BCUT2D eigenvalue weighted by Crippen LogP contribution is -2.04. The average molecular weight is 640 g/mol. The van der Waals surface area contributed by atoms with Crippen LogP contribution in [0, 0.1) is 0 Å². The maximum atomic E-state index is 5.51. The Bertz CT molecular complexity index is 2800. The molecule has 10 aromatic rings. The molecule has 0 aliphatic rings. The van der Waals surface area contributed by atoms with E-state index in [-0.39, 0.29) is 0 Å². The summed E-state index contributed by atoms with van der Waals surface area (Å²) in [5, 5.41) is 3.24. The van der Waals surface area contributed by atoms with E-state index < -0.39 is 0 Å². The van der Waals surface area contributed by atoms with Crippen LogP contribution >= 0.6 is 0 Å². The molecule has 0 atom stereocenters. The summed E-state index contributed by atoms with van der Waals surface area (Å²) >= 11 is 0. The third kappa shape index (κ3) is 4.52. The van der Waals surface area contributed by atoms with Gasteiger partial charge in [-0.1, -0.05) is 140 Å². The van der Waals surface area contributed by atoms with Gasteiger partial charge in [-0.05, 0) is 47.5 Å². The highest BCUT2D eigenvalue weighted by Gasteiger charge is 2.21. The molecule has 4 aromatic heterocycles. The molecule has 10 rings (SSSR count). The highest BCUT2D eigenvalue weighted by molar-refractivity contribution is 6.15. The summed E-state index contributed by atoms with van der Waals surface area (Å²) in [7, 11) is 0. The Morgan fingerprint density at radius 3 is 1.54 bits per heavy atom. The predicted octanol–water partition coefficient (Wildman–Crippen LogP) is 11.1. The molecule has 0 unspecified atom stereocenters. The van der Waals surface area contributed by atoms with E-state index in [0.717, 1.165) is 72.1 Å². The van der Waals surface area contributed by atoms with Crippen molar-refractivity contribution in [3.05, 3.63) is 176 Å². The molecule has 0 amide bonds. The molecule has 0 spiro atoms. The first-order valence-electron chi connectivity index (χ1n) is 16.8. The van der Waals surface area contributed by atoms with Crippen LogP contribution in [0.5, 0.6) is 0 Å². The molecule has 0 saturated heterocycles. The van der Waals surface area contributed by atoms with Crippen LogP contribution in [0.3, 0.4) is 0 Å². The van der Waals surface area contributed by atoms with E-state index in [9.17, 15) is 0 Å². The van der Waals surface area contributed by atoms with E-state index in [4.69, 9.17) is 15.0 Å². The Balaban J connectivity index is 1.27. The number of benzene rings is 6. The number of fused-ring (bicyclic) bond motifs is 6. The molecule has 0 N–H and O–H groups in total. The first-order valence-corrected chi connectivity index (χ1v) is 16.8. The lowest BCUT2D eigenvalue weighted by Gasteiger charge is -2.12. The fourth-order valence-electron chi connectivity index (χ4n) is 7.22. The average Bonchev–Trinajstić information content (AvgIpc) is 3.70. The van der Waals surface area contributed by atoms with Crippen LogP contribution in [0.15, 0.2) is 176 Å². The SMILES string of the molecule is c1ccc(-c2cccc(-n3c4ccccc4c4nc5c(cc43)c3ccccc3n5-c3nc(-c4ccccc4)cc(-c4ccccc4)n3)c2)cc1. The monoisotopic (exact) mass is 639 g/mol. The van der Waals surface area contributed by atoms with Gasteiger partial charge in [-0.2, -0.15) is 0 Å². The number of aromatic nitrogens is 5. The minimum absolute atomic E-state index is 0.586. The molecule has 0 aliphatic carbocycles. The topological polar surface area (TPSA) is 48.5 Å². The van der Waals surface area contributed by atoms with Gasteiger partial charge < -0.3 is 4.57 Å². The van der Waals surface area contributed by atoms with Gasteiger partial charge in [-0.15, -0.1) is 0 Å². The first-order chi connectivity index (χ1) is 24.8. The third-order valence-corrected chi connectivity index (χ3v) is 9.54. The molecule has 0 aliphatic heterocycles. The normalized spacial score (nSPS) is 11.6. The minimum atomic E-state index is 0.586. The Morgan fingerprint density at radius 2 is 0.880 bits per heavy atom. The van der Waals surface area contributed by atoms with Crippen LogP contribution in [-0.4, -0.2) is 24.1 Å². The Kier molecular flexibility index (Phi) is 6.42. The van der Waals surface area contributed by atoms with Crippen molar-refractivity contribution >= 4 is 43.9 Å². The van der Waals surface area contributed by atoms with Crippen molar-refractivity contribution in [3.63, 3.8) is 0 Å². The van der Waals surface area contributed by atoms with Crippen molar-refractivity contribution in [2.24, 2.45) is 0 Å². The maximum Gasteiger partial charge on any atom is 0.237 e. The molecule has 5 nitrogen and oxygen atoms in total. The van der Waals surface area contributed by atoms with Gasteiger partial charge in [0.15, 0.2) is 0 Å². The van der Waals surface area contributed by atoms with Crippen LogP contribution in [-0.2, 0) is 0 Å². The fraction of sp³-hybridized carbons (Fsp3) is 0. The first kappa shape index (κ1) is 28.2. The van der Waals surface area contributed by atoms with Crippen LogP contribution < -0.4 is 0 Å². The predicted molar refractivity (Wildman–Crippen MR) is 205 cm³/mol. The largest absolute Gasteiger partial charge is 0.308 e. The van der Waals surface area contributed by atoms with E-state index >= 15 is 0 Å². The van der Waals surface area contributed by atoms with Gasteiger partial charge in [-0.3, -0.25) is 4.57 Å².